The molecule has 2 rings (SSSR count). The molecule has 0 aromatic carbocycles. The molecular formula is C12H24N2O2. The maximum absolute atomic E-state index is 5.59. The van der Waals surface area contributed by atoms with Crippen molar-refractivity contribution in [2.24, 2.45) is 5.92 Å². The van der Waals surface area contributed by atoms with E-state index in [-0.39, 0.29) is 6.10 Å². The van der Waals surface area contributed by atoms with Crippen molar-refractivity contribution >= 4 is 0 Å². The van der Waals surface area contributed by atoms with Crippen molar-refractivity contribution < 1.29 is 9.47 Å². The van der Waals surface area contributed by atoms with Gasteiger partial charge in [-0.15, -0.1) is 0 Å². The summed E-state index contributed by atoms with van der Waals surface area (Å²) >= 11 is 0. The van der Waals surface area contributed by atoms with E-state index in [9.17, 15) is 0 Å². The predicted molar refractivity (Wildman–Crippen MR) is 63.6 cm³/mol. The number of nitrogens with one attached hydrogen (secondary N) is 1. The third-order valence-corrected chi connectivity index (χ3v) is 3.41. The molecule has 2 aliphatic heterocycles. The third kappa shape index (κ3) is 4.01. The molecule has 2 heterocycles. The maximum atomic E-state index is 5.59. The minimum absolute atomic E-state index is 0.259. The molecule has 0 spiro atoms. The van der Waals surface area contributed by atoms with Crippen molar-refractivity contribution in [1.29, 1.82) is 0 Å². The number of nitrogens with zero attached hydrogens (tertiary/aromatic N) is 1. The monoisotopic (exact) mass is 228 g/mol. The molecule has 0 saturated carbocycles. The Morgan fingerprint density at radius 2 is 2.25 bits per heavy atom. The maximum Gasteiger partial charge on any atom is 0.0933 e. The van der Waals surface area contributed by atoms with E-state index in [1.807, 2.05) is 0 Å². The smallest absolute Gasteiger partial charge is 0.0933 e. The first-order chi connectivity index (χ1) is 7.84. The van der Waals surface area contributed by atoms with E-state index in [1.54, 1.807) is 0 Å². The molecule has 2 atom stereocenters. The second-order valence-corrected chi connectivity index (χ2v) is 5.00. The second kappa shape index (κ2) is 6.55. The first-order valence-corrected chi connectivity index (χ1v) is 6.43. The van der Waals surface area contributed by atoms with Crippen molar-refractivity contribution in [3.8, 4) is 0 Å². The molecule has 0 aliphatic carbocycles. The van der Waals surface area contributed by atoms with Gasteiger partial charge < -0.3 is 19.7 Å². The molecule has 0 aromatic rings. The van der Waals surface area contributed by atoms with Gasteiger partial charge in [-0.3, -0.25) is 0 Å². The minimum Gasteiger partial charge on any atom is -0.376 e. The van der Waals surface area contributed by atoms with Gasteiger partial charge in [-0.05, 0) is 38.9 Å². The molecule has 2 aliphatic rings. The van der Waals surface area contributed by atoms with E-state index in [2.05, 4.69) is 17.3 Å². The topological polar surface area (TPSA) is 33.7 Å². The number of piperidine rings is 1. The van der Waals surface area contributed by atoms with Gasteiger partial charge in [0, 0.05) is 13.1 Å². The predicted octanol–water partition coefficient (Wildman–Crippen LogP) is 0.333. The highest BCUT2D eigenvalue weighted by atomic mass is 16.6. The molecule has 0 amide bonds. The molecule has 1 N–H and O–H groups in total. The summed E-state index contributed by atoms with van der Waals surface area (Å²) in [5, 5.41) is 3.51. The molecule has 2 unspecified atom stereocenters. The van der Waals surface area contributed by atoms with Crippen LogP contribution in [0.5, 0.6) is 0 Å². The number of rotatable bonds is 4. The van der Waals surface area contributed by atoms with E-state index in [0.717, 1.165) is 38.8 Å². The van der Waals surface area contributed by atoms with Crippen molar-refractivity contribution in [3.63, 3.8) is 0 Å². The van der Waals surface area contributed by atoms with Crippen molar-refractivity contribution in [1.82, 2.24) is 10.2 Å². The van der Waals surface area contributed by atoms with Crippen LogP contribution in [-0.2, 0) is 9.47 Å². The number of ether oxygens (including phenoxy) is 2. The Bertz CT molecular complexity index is 195. The molecule has 0 aromatic heterocycles. The van der Waals surface area contributed by atoms with E-state index < -0.39 is 0 Å². The number of hydrogen-bond acceptors (Lipinski definition) is 4. The quantitative estimate of drug-likeness (QED) is 0.752. The molecule has 4 nitrogen and oxygen atoms in total. The van der Waals surface area contributed by atoms with Crippen LogP contribution in [0.1, 0.15) is 12.8 Å². The zero-order valence-corrected chi connectivity index (χ0v) is 10.3. The lowest BCUT2D eigenvalue weighted by Crippen LogP contribution is -2.42. The standard InChI is InChI=1S/C12H24N2O2/c1-14-4-2-3-11(9-14)7-13-8-12-10-15-5-6-16-12/h11-13H,2-10H2,1H3. The average Bonchev–Trinajstić information content (AvgIpc) is 2.30. The SMILES string of the molecule is CN1CCCC(CNCC2COCCO2)C1. The summed E-state index contributed by atoms with van der Waals surface area (Å²) in [5.41, 5.74) is 0. The molecule has 2 fully saturated rings. The lowest BCUT2D eigenvalue weighted by Gasteiger charge is -2.30. The summed E-state index contributed by atoms with van der Waals surface area (Å²) in [6.07, 6.45) is 2.96. The van der Waals surface area contributed by atoms with Gasteiger partial charge in [0.15, 0.2) is 0 Å². The molecule has 0 radical (unpaired) electrons. The zero-order valence-electron chi connectivity index (χ0n) is 10.3. The van der Waals surface area contributed by atoms with Crippen LogP contribution in [0.3, 0.4) is 0 Å². The van der Waals surface area contributed by atoms with Gasteiger partial charge in [0.05, 0.1) is 25.9 Å². The lowest BCUT2D eigenvalue weighted by molar-refractivity contribution is -0.0866. The molecule has 4 heteroatoms. The van der Waals surface area contributed by atoms with Crippen LogP contribution in [-0.4, -0.2) is 64.1 Å². The Labute approximate surface area is 98.3 Å². The van der Waals surface area contributed by atoms with Crippen LogP contribution in [0.2, 0.25) is 0 Å². The van der Waals surface area contributed by atoms with Crippen LogP contribution >= 0.6 is 0 Å². The fourth-order valence-electron chi connectivity index (χ4n) is 2.54. The highest BCUT2D eigenvalue weighted by Gasteiger charge is 2.18. The first kappa shape index (κ1) is 12.3. The summed E-state index contributed by atoms with van der Waals surface area (Å²) in [4.78, 5) is 2.43. The average molecular weight is 228 g/mol. The minimum atomic E-state index is 0.259. The first-order valence-electron chi connectivity index (χ1n) is 6.43. The van der Waals surface area contributed by atoms with Gasteiger partial charge in [0.1, 0.15) is 0 Å². The Balaban J connectivity index is 1.56. The Hall–Kier alpha value is -0.160. The van der Waals surface area contributed by atoms with Crippen molar-refractivity contribution in [3.05, 3.63) is 0 Å². The Kier molecular flexibility index (Phi) is 5.03. The highest BCUT2D eigenvalue weighted by Crippen LogP contribution is 2.13. The van der Waals surface area contributed by atoms with Crippen LogP contribution in [0.25, 0.3) is 0 Å². The Morgan fingerprint density at radius 3 is 3.00 bits per heavy atom. The van der Waals surface area contributed by atoms with Gasteiger partial charge in [-0.25, -0.2) is 0 Å². The highest BCUT2D eigenvalue weighted by molar-refractivity contribution is 4.73. The van der Waals surface area contributed by atoms with Crippen LogP contribution in [0, 0.1) is 5.92 Å². The summed E-state index contributed by atoms with van der Waals surface area (Å²) in [6, 6.07) is 0. The van der Waals surface area contributed by atoms with Gasteiger partial charge in [-0.1, -0.05) is 0 Å². The number of likely N-dealkylation sites (tertiary alicyclic amines) is 1. The number of hydrogen-bond donors (Lipinski definition) is 1. The summed E-state index contributed by atoms with van der Waals surface area (Å²) < 4.78 is 11.0. The van der Waals surface area contributed by atoms with E-state index >= 15 is 0 Å². The van der Waals surface area contributed by atoms with E-state index in [4.69, 9.17) is 9.47 Å². The zero-order chi connectivity index (χ0) is 11.2. The van der Waals surface area contributed by atoms with Gasteiger partial charge in [0.25, 0.3) is 0 Å². The van der Waals surface area contributed by atoms with E-state index in [1.165, 1.54) is 25.9 Å². The molecule has 16 heavy (non-hydrogen) atoms. The van der Waals surface area contributed by atoms with E-state index in [0.29, 0.717) is 0 Å². The van der Waals surface area contributed by atoms with Gasteiger partial charge in [-0.2, -0.15) is 0 Å². The van der Waals surface area contributed by atoms with Gasteiger partial charge in [0.2, 0.25) is 0 Å². The van der Waals surface area contributed by atoms with Crippen LogP contribution in [0.4, 0.5) is 0 Å². The Morgan fingerprint density at radius 1 is 1.31 bits per heavy atom. The fourth-order valence-corrected chi connectivity index (χ4v) is 2.54. The fraction of sp³-hybridized carbons (Fsp3) is 1.00. The normalized spacial score (nSPS) is 32.8. The summed E-state index contributed by atoms with van der Waals surface area (Å²) in [5.74, 6) is 0.809. The lowest BCUT2D eigenvalue weighted by atomic mass is 9.98. The molecular weight excluding hydrogens is 204 g/mol. The van der Waals surface area contributed by atoms with Crippen LogP contribution < -0.4 is 5.32 Å². The van der Waals surface area contributed by atoms with Gasteiger partial charge >= 0.3 is 0 Å². The van der Waals surface area contributed by atoms with Crippen molar-refractivity contribution in [2.45, 2.75) is 18.9 Å². The second-order valence-electron chi connectivity index (χ2n) is 5.00. The largest absolute Gasteiger partial charge is 0.376 e. The molecule has 0 bridgehead atoms. The third-order valence-electron chi connectivity index (χ3n) is 3.41. The molecule has 94 valence electrons. The molecule has 2 saturated heterocycles. The summed E-state index contributed by atoms with van der Waals surface area (Å²) in [6.45, 7) is 6.79. The van der Waals surface area contributed by atoms with Crippen molar-refractivity contribution in [2.75, 3.05) is 53.0 Å². The summed E-state index contributed by atoms with van der Waals surface area (Å²) in [7, 11) is 2.21. The van der Waals surface area contributed by atoms with Crippen LogP contribution in [0.15, 0.2) is 0 Å².